The Hall–Kier alpha value is -1.11. The fourth-order valence-corrected chi connectivity index (χ4v) is 2.86. The lowest BCUT2D eigenvalue weighted by atomic mass is 10.1. The van der Waals surface area contributed by atoms with Gasteiger partial charge in [-0.25, -0.2) is 13.1 Å². The van der Waals surface area contributed by atoms with E-state index in [0.29, 0.717) is 10.9 Å². The minimum atomic E-state index is -3.37. The van der Waals surface area contributed by atoms with Gasteiger partial charge in [-0.2, -0.15) is 0 Å². The molecule has 5 nitrogen and oxygen atoms in total. The first kappa shape index (κ1) is 13.3. The molecule has 0 radical (unpaired) electrons. The van der Waals surface area contributed by atoms with Crippen molar-refractivity contribution in [3.8, 4) is 0 Å². The Balaban J connectivity index is 2.12. The lowest BCUT2D eigenvalue weighted by Gasteiger charge is -2.25. The molecule has 1 aromatic rings. The number of nitrogens with one attached hydrogen (secondary N) is 3. The van der Waals surface area contributed by atoms with E-state index in [9.17, 15) is 8.42 Å². The Labute approximate surface area is 108 Å². The monoisotopic (exact) mass is 269 g/mol. The molecule has 18 heavy (non-hydrogen) atoms. The van der Waals surface area contributed by atoms with Crippen LogP contribution in [0, 0.1) is 0 Å². The lowest BCUT2D eigenvalue weighted by molar-refractivity contribution is 0.480. The quantitative estimate of drug-likeness (QED) is 0.755. The van der Waals surface area contributed by atoms with Crippen LogP contribution >= 0.6 is 0 Å². The van der Waals surface area contributed by atoms with E-state index in [1.807, 2.05) is 6.07 Å². The number of anilines is 1. The molecule has 6 heteroatoms. The topological polar surface area (TPSA) is 70.2 Å². The van der Waals surface area contributed by atoms with Gasteiger partial charge in [0.05, 0.1) is 4.90 Å². The van der Waals surface area contributed by atoms with Crippen molar-refractivity contribution in [1.29, 1.82) is 0 Å². The van der Waals surface area contributed by atoms with Gasteiger partial charge in [0.25, 0.3) is 0 Å². The van der Waals surface area contributed by atoms with Gasteiger partial charge in [0, 0.05) is 18.3 Å². The van der Waals surface area contributed by atoms with Gasteiger partial charge in [0.15, 0.2) is 0 Å². The summed E-state index contributed by atoms with van der Waals surface area (Å²) >= 11 is 0. The van der Waals surface area contributed by atoms with Crippen LogP contribution in [0.15, 0.2) is 29.2 Å². The summed E-state index contributed by atoms with van der Waals surface area (Å²) in [5.41, 5.74) is 0.847. The normalized spacial score (nSPS) is 20.6. The molecular weight excluding hydrogens is 250 g/mol. The van der Waals surface area contributed by atoms with Crippen molar-refractivity contribution in [3.05, 3.63) is 24.3 Å². The van der Waals surface area contributed by atoms with Gasteiger partial charge in [0.1, 0.15) is 0 Å². The van der Waals surface area contributed by atoms with E-state index < -0.39 is 10.0 Å². The molecule has 2 rings (SSSR count). The molecule has 1 aliphatic rings. The third-order valence-electron chi connectivity index (χ3n) is 3.08. The Bertz CT molecular complexity index is 496. The zero-order chi connectivity index (χ0) is 13.0. The van der Waals surface area contributed by atoms with Crippen LogP contribution in [0.1, 0.15) is 12.8 Å². The molecular formula is C12H19N3O2S. The van der Waals surface area contributed by atoms with E-state index in [0.717, 1.165) is 31.6 Å². The molecule has 0 saturated carbocycles. The summed E-state index contributed by atoms with van der Waals surface area (Å²) < 4.78 is 25.7. The van der Waals surface area contributed by atoms with Crippen molar-refractivity contribution in [3.63, 3.8) is 0 Å². The highest BCUT2D eigenvalue weighted by Crippen LogP contribution is 2.17. The van der Waals surface area contributed by atoms with Crippen LogP contribution in [0.5, 0.6) is 0 Å². The number of sulfonamides is 1. The number of benzene rings is 1. The minimum Gasteiger partial charge on any atom is -0.381 e. The van der Waals surface area contributed by atoms with Gasteiger partial charge in [-0.1, -0.05) is 6.07 Å². The number of hydrogen-bond acceptors (Lipinski definition) is 4. The molecule has 0 spiro atoms. The summed E-state index contributed by atoms with van der Waals surface area (Å²) in [6.45, 7) is 1.98. The Morgan fingerprint density at radius 1 is 1.39 bits per heavy atom. The number of rotatable bonds is 4. The molecule has 100 valence electrons. The smallest absolute Gasteiger partial charge is 0.240 e. The third kappa shape index (κ3) is 3.22. The molecule has 3 N–H and O–H groups in total. The van der Waals surface area contributed by atoms with E-state index in [1.165, 1.54) is 7.05 Å². The molecule has 1 atom stereocenters. The van der Waals surface area contributed by atoms with Crippen LogP contribution < -0.4 is 15.4 Å². The van der Waals surface area contributed by atoms with Crippen LogP contribution in [0.4, 0.5) is 5.69 Å². The zero-order valence-corrected chi connectivity index (χ0v) is 11.3. The van der Waals surface area contributed by atoms with Crippen molar-refractivity contribution < 1.29 is 8.42 Å². The molecule has 1 aromatic carbocycles. The molecule has 1 unspecified atom stereocenters. The summed E-state index contributed by atoms with van der Waals surface area (Å²) in [7, 11) is -1.95. The van der Waals surface area contributed by atoms with E-state index >= 15 is 0 Å². The third-order valence-corrected chi connectivity index (χ3v) is 4.49. The number of piperidine rings is 1. The first-order valence-corrected chi connectivity index (χ1v) is 7.61. The highest BCUT2D eigenvalue weighted by atomic mass is 32.2. The first-order chi connectivity index (χ1) is 8.62. The molecule has 0 bridgehead atoms. The van der Waals surface area contributed by atoms with E-state index in [2.05, 4.69) is 15.4 Å². The summed E-state index contributed by atoms with van der Waals surface area (Å²) in [4.78, 5) is 0.291. The van der Waals surface area contributed by atoms with Crippen molar-refractivity contribution in [1.82, 2.24) is 10.0 Å². The average Bonchev–Trinajstić information content (AvgIpc) is 2.40. The highest BCUT2D eigenvalue weighted by molar-refractivity contribution is 7.89. The molecule has 0 aliphatic carbocycles. The van der Waals surface area contributed by atoms with Crippen LogP contribution in [-0.2, 0) is 10.0 Å². The Morgan fingerprint density at radius 2 is 2.22 bits per heavy atom. The second-order valence-electron chi connectivity index (χ2n) is 4.42. The molecule has 1 heterocycles. The first-order valence-electron chi connectivity index (χ1n) is 6.13. The van der Waals surface area contributed by atoms with E-state index in [-0.39, 0.29) is 0 Å². The van der Waals surface area contributed by atoms with Crippen molar-refractivity contribution in [2.24, 2.45) is 0 Å². The SMILES string of the molecule is CNS(=O)(=O)c1cccc(NC2CCCNC2)c1. The van der Waals surface area contributed by atoms with Gasteiger partial charge < -0.3 is 10.6 Å². The lowest BCUT2D eigenvalue weighted by Crippen LogP contribution is -2.38. The summed E-state index contributed by atoms with van der Waals surface area (Å²) in [6.07, 6.45) is 2.25. The Morgan fingerprint density at radius 3 is 2.89 bits per heavy atom. The molecule has 0 aromatic heterocycles. The van der Waals surface area contributed by atoms with Gasteiger partial charge in [0.2, 0.25) is 10.0 Å². The van der Waals surface area contributed by atoms with Crippen LogP contribution in [0.25, 0.3) is 0 Å². The van der Waals surface area contributed by atoms with Gasteiger partial charge in [-0.3, -0.25) is 0 Å². The van der Waals surface area contributed by atoms with Gasteiger partial charge in [-0.05, 0) is 44.6 Å². The second-order valence-corrected chi connectivity index (χ2v) is 6.31. The molecule has 1 aliphatic heterocycles. The van der Waals surface area contributed by atoms with Crippen LogP contribution in [0.2, 0.25) is 0 Å². The van der Waals surface area contributed by atoms with E-state index in [4.69, 9.17) is 0 Å². The van der Waals surface area contributed by atoms with Gasteiger partial charge >= 0.3 is 0 Å². The van der Waals surface area contributed by atoms with Gasteiger partial charge in [-0.15, -0.1) is 0 Å². The predicted octanol–water partition coefficient (Wildman–Crippen LogP) is 0.759. The summed E-state index contributed by atoms with van der Waals surface area (Å²) in [5, 5.41) is 6.68. The zero-order valence-electron chi connectivity index (χ0n) is 10.4. The largest absolute Gasteiger partial charge is 0.381 e. The van der Waals surface area contributed by atoms with Crippen molar-refractivity contribution in [2.45, 2.75) is 23.8 Å². The van der Waals surface area contributed by atoms with Crippen molar-refractivity contribution >= 4 is 15.7 Å². The maximum absolute atomic E-state index is 11.7. The maximum Gasteiger partial charge on any atom is 0.240 e. The second kappa shape index (κ2) is 5.69. The van der Waals surface area contributed by atoms with Crippen LogP contribution in [0.3, 0.4) is 0 Å². The maximum atomic E-state index is 11.7. The molecule has 1 fully saturated rings. The summed E-state index contributed by atoms with van der Waals surface area (Å²) in [6, 6.07) is 7.27. The summed E-state index contributed by atoms with van der Waals surface area (Å²) in [5.74, 6) is 0. The van der Waals surface area contributed by atoms with Crippen molar-refractivity contribution in [2.75, 3.05) is 25.5 Å². The average molecular weight is 269 g/mol. The molecule has 0 amide bonds. The highest BCUT2D eigenvalue weighted by Gasteiger charge is 2.15. The molecule has 1 saturated heterocycles. The Kier molecular flexibility index (Phi) is 4.21. The fraction of sp³-hybridized carbons (Fsp3) is 0.500. The van der Waals surface area contributed by atoms with Crippen LogP contribution in [-0.4, -0.2) is 34.6 Å². The number of hydrogen-bond donors (Lipinski definition) is 3. The standard InChI is InChI=1S/C12H19N3O2S/c1-13-18(16,17)12-6-2-4-10(8-12)15-11-5-3-7-14-9-11/h2,4,6,8,11,13-15H,3,5,7,9H2,1H3. The fourth-order valence-electron chi connectivity index (χ4n) is 2.08. The minimum absolute atomic E-state index is 0.291. The van der Waals surface area contributed by atoms with E-state index in [1.54, 1.807) is 18.2 Å². The predicted molar refractivity (Wildman–Crippen MR) is 72.2 cm³/mol.